The molecular formula is C18H26N4O3. The largest absolute Gasteiger partial charge is 0.490 e. The number of carbonyl (C=O) groups excluding carboxylic acids is 1. The molecule has 0 atom stereocenters. The van der Waals surface area contributed by atoms with E-state index in [-0.39, 0.29) is 6.03 Å². The molecule has 7 nitrogen and oxygen atoms in total. The monoisotopic (exact) mass is 346 g/mol. The van der Waals surface area contributed by atoms with Gasteiger partial charge in [-0.1, -0.05) is 11.2 Å². The van der Waals surface area contributed by atoms with Gasteiger partial charge in [0.05, 0.1) is 11.4 Å². The van der Waals surface area contributed by atoms with Crippen molar-refractivity contribution in [3.63, 3.8) is 0 Å². The molecule has 0 aliphatic rings. The van der Waals surface area contributed by atoms with Gasteiger partial charge in [0, 0.05) is 18.7 Å². The molecule has 0 saturated carbocycles. The smallest absolute Gasteiger partial charge is 0.319 e. The Hall–Kier alpha value is -2.54. The standard InChI is InChI=1S/C18H26N4O3/c1-12-6-7-16(17(10-12)24-9-8-22(4)5)20-18(23)19-11-15-13(2)21-25-14(15)3/h6-7,10H,8-9,11H2,1-5H3,(H2,19,20,23). The summed E-state index contributed by atoms with van der Waals surface area (Å²) in [5, 5.41) is 9.53. The Morgan fingerprint density at radius 1 is 1.28 bits per heavy atom. The van der Waals surface area contributed by atoms with E-state index in [1.54, 1.807) is 0 Å². The zero-order valence-corrected chi connectivity index (χ0v) is 15.5. The Balaban J connectivity index is 1.97. The summed E-state index contributed by atoms with van der Waals surface area (Å²) in [5.41, 5.74) is 3.38. The van der Waals surface area contributed by atoms with Gasteiger partial charge in [-0.05, 0) is 52.6 Å². The minimum Gasteiger partial charge on any atom is -0.490 e. The minimum absolute atomic E-state index is 0.304. The molecule has 2 N–H and O–H groups in total. The number of likely N-dealkylation sites (N-methyl/N-ethyl adjacent to an activating group) is 1. The fourth-order valence-electron chi connectivity index (χ4n) is 2.28. The van der Waals surface area contributed by atoms with E-state index in [0.717, 1.165) is 23.4 Å². The molecule has 0 saturated heterocycles. The summed E-state index contributed by atoms with van der Waals surface area (Å²) in [6.07, 6.45) is 0. The summed E-state index contributed by atoms with van der Waals surface area (Å²) < 4.78 is 10.9. The Morgan fingerprint density at radius 3 is 2.68 bits per heavy atom. The Kier molecular flexibility index (Phi) is 6.41. The molecule has 1 heterocycles. The highest BCUT2D eigenvalue weighted by atomic mass is 16.5. The van der Waals surface area contributed by atoms with E-state index in [9.17, 15) is 4.79 Å². The molecule has 2 rings (SSSR count). The second-order valence-electron chi connectivity index (χ2n) is 6.26. The molecule has 2 aromatic rings. The second kappa shape index (κ2) is 8.53. The van der Waals surface area contributed by atoms with Gasteiger partial charge in [-0.15, -0.1) is 0 Å². The van der Waals surface area contributed by atoms with Crippen molar-refractivity contribution in [1.82, 2.24) is 15.4 Å². The number of aryl methyl sites for hydroxylation is 3. The van der Waals surface area contributed by atoms with E-state index >= 15 is 0 Å². The number of anilines is 1. The lowest BCUT2D eigenvalue weighted by molar-refractivity contribution is 0.250. The highest BCUT2D eigenvalue weighted by molar-refractivity contribution is 5.91. The van der Waals surface area contributed by atoms with Crippen LogP contribution in [-0.2, 0) is 6.54 Å². The normalized spacial score (nSPS) is 10.8. The average molecular weight is 346 g/mol. The summed E-state index contributed by atoms with van der Waals surface area (Å²) in [5.74, 6) is 1.37. The highest BCUT2D eigenvalue weighted by Crippen LogP contribution is 2.25. The SMILES string of the molecule is Cc1ccc(NC(=O)NCc2c(C)noc2C)c(OCCN(C)C)c1. The Labute approximate surface area is 148 Å². The summed E-state index contributed by atoms with van der Waals surface area (Å²) in [6, 6.07) is 5.39. The molecule has 2 amide bonds. The number of nitrogens with zero attached hydrogens (tertiary/aromatic N) is 2. The van der Waals surface area contributed by atoms with Gasteiger partial charge in [-0.2, -0.15) is 0 Å². The van der Waals surface area contributed by atoms with E-state index in [1.165, 1.54) is 0 Å². The third-order valence-electron chi connectivity index (χ3n) is 3.79. The first-order valence-electron chi connectivity index (χ1n) is 8.21. The molecule has 0 aliphatic carbocycles. The predicted molar refractivity (Wildman–Crippen MR) is 97.1 cm³/mol. The van der Waals surface area contributed by atoms with Gasteiger partial charge in [0.2, 0.25) is 0 Å². The van der Waals surface area contributed by atoms with Gasteiger partial charge in [0.25, 0.3) is 0 Å². The van der Waals surface area contributed by atoms with Crippen molar-refractivity contribution in [3.05, 3.63) is 40.8 Å². The third kappa shape index (κ3) is 5.49. The maximum absolute atomic E-state index is 12.2. The van der Waals surface area contributed by atoms with E-state index in [1.807, 2.05) is 58.0 Å². The Bertz CT molecular complexity index is 706. The van der Waals surface area contributed by atoms with Crippen LogP contribution >= 0.6 is 0 Å². The van der Waals surface area contributed by atoms with Gasteiger partial charge in [-0.3, -0.25) is 0 Å². The van der Waals surface area contributed by atoms with Crippen LogP contribution in [0.4, 0.5) is 10.5 Å². The van der Waals surface area contributed by atoms with Crippen LogP contribution in [0, 0.1) is 20.8 Å². The van der Waals surface area contributed by atoms with Crippen molar-refractivity contribution in [2.75, 3.05) is 32.6 Å². The van der Waals surface area contributed by atoms with Crippen molar-refractivity contribution >= 4 is 11.7 Å². The fourth-order valence-corrected chi connectivity index (χ4v) is 2.28. The zero-order valence-electron chi connectivity index (χ0n) is 15.5. The van der Waals surface area contributed by atoms with Gasteiger partial charge in [0.15, 0.2) is 0 Å². The van der Waals surface area contributed by atoms with Crippen molar-refractivity contribution in [1.29, 1.82) is 0 Å². The molecule has 0 unspecified atom stereocenters. The molecule has 0 fully saturated rings. The number of nitrogens with one attached hydrogen (secondary N) is 2. The molecule has 136 valence electrons. The molecule has 7 heteroatoms. The lowest BCUT2D eigenvalue weighted by Gasteiger charge is -2.15. The van der Waals surface area contributed by atoms with Gasteiger partial charge in [0.1, 0.15) is 18.1 Å². The molecule has 1 aromatic heterocycles. The number of hydrogen-bond acceptors (Lipinski definition) is 5. The van der Waals surface area contributed by atoms with Crippen molar-refractivity contribution in [2.24, 2.45) is 0 Å². The number of urea groups is 1. The van der Waals surface area contributed by atoms with Crippen molar-refractivity contribution in [2.45, 2.75) is 27.3 Å². The quantitative estimate of drug-likeness (QED) is 0.806. The summed E-state index contributed by atoms with van der Waals surface area (Å²) in [4.78, 5) is 14.3. The average Bonchev–Trinajstić information content (AvgIpc) is 2.86. The van der Waals surface area contributed by atoms with Crippen LogP contribution in [0.2, 0.25) is 0 Å². The summed E-state index contributed by atoms with van der Waals surface area (Å²) in [6.45, 7) is 7.36. The van der Waals surface area contributed by atoms with Crippen LogP contribution in [0.3, 0.4) is 0 Å². The first-order valence-corrected chi connectivity index (χ1v) is 8.21. The first kappa shape index (κ1) is 18.8. The molecular weight excluding hydrogens is 320 g/mol. The molecule has 1 aromatic carbocycles. The number of amides is 2. The van der Waals surface area contributed by atoms with Crippen LogP contribution in [0.15, 0.2) is 22.7 Å². The van der Waals surface area contributed by atoms with E-state index in [2.05, 4.69) is 15.8 Å². The van der Waals surface area contributed by atoms with Gasteiger partial charge < -0.3 is 24.8 Å². The molecule has 0 bridgehead atoms. The fraction of sp³-hybridized carbons (Fsp3) is 0.444. The Morgan fingerprint density at radius 2 is 2.04 bits per heavy atom. The highest BCUT2D eigenvalue weighted by Gasteiger charge is 2.12. The van der Waals surface area contributed by atoms with Gasteiger partial charge in [-0.25, -0.2) is 4.79 Å². The van der Waals surface area contributed by atoms with Crippen LogP contribution in [0.5, 0.6) is 5.75 Å². The maximum Gasteiger partial charge on any atom is 0.319 e. The lowest BCUT2D eigenvalue weighted by Crippen LogP contribution is -2.29. The topological polar surface area (TPSA) is 79.6 Å². The van der Waals surface area contributed by atoms with E-state index < -0.39 is 0 Å². The molecule has 0 aliphatic heterocycles. The lowest BCUT2D eigenvalue weighted by atomic mass is 10.2. The minimum atomic E-state index is -0.304. The number of ether oxygens (including phenoxy) is 1. The predicted octanol–water partition coefficient (Wildman–Crippen LogP) is 2.86. The third-order valence-corrected chi connectivity index (χ3v) is 3.79. The zero-order chi connectivity index (χ0) is 18.4. The van der Waals surface area contributed by atoms with E-state index in [0.29, 0.717) is 30.3 Å². The number of aromatic nitrogens is 1. The summed E-state index contributed by atoms with van der Waals surface area (Å²) in [7, 11) is 3.97. The number of hydrogen-bond donors (Lipinski definition) is 2. The molecule has 25 heavy (non-hydrogen) atoms. The molecule has 0 spiro atoms. The van der Waals surface area contributed by atoms with E-state index in [4.69, 9.17) is 9.26 Å². The number of carbonyl (C=O) groups is 1. The molecule has 0 radical (unpaired) electrons. The summed E-state index contributed by atoms with van der Waals surface area (Å²) >= 11 is 0. The van der Waals surface area contributed by atoms with Crippen LogP contribution < -0.4 is 15.4 Å². The number of benzene rings is 1. The second-order valence-corrected chi connectivity index (χ2v) is 6.26. The van der Waals surface area contributed by atoms with Crippen molar-refractivity contribution in [3.8, 4) is 5.75 Å². The van der Waals surface area contributed by atoms with Crippen LogP contribution in [0.1, 0.15) is 22.6 Å². The number of rotatable bonds is 7. The van der Waals surface area contributed by atoms with Gasteiger partial charge >= 0.3 is 6.03 Å². The maximum atomic E-state index is 12.2. The van der Waals surface area contributed by atoms with Crippen molar-refractivity contribution < 1.29 is 14.1 Å². The first-order chi connectivity index (χ1) is 11.9. The van der Waals surface area contributed by atoms with Crippen LogP contribution in [0.25, 0.3) is 0 Å². The van der Waals surface area contributed by atoms with Crippen LogP contribution in [-0.4, -0.2) is 43.3 Å².